The number of H-pyrrole nitrogens is 1. The van der Waals surface area contributed by atoms with Gasteiger partial charge in [0.05, 0.1) is 5.69 Å². The summed E-state index contributed by atoms with van der Waals surface area (Å²) in [6.45, 7) is 5.40. The molecule has 0 unspecified atom stereocenters. The highest BCUT2D eigenvalue weighted by Crippen LogP contribution is 2.27. The number of ether oxygens (including phenoxy) is 1. The highest BCUT2D eigenvalue weighted by atomic mass is 16.6. The summed E-state index contributed by atoms with van der Waals surface area (Å²) in [5, 5.41) is 12.8. The molecule has 2 aromatic rings. The molecular weight excluding hydrogens is 232 g/mol. The first-order valence-electron chi connectivity index (χ1n) is 5.65. The van der Waals surface area contributed by atoms with E-state index in [-0.39, 0.29) is 5.75 Å². The van der Waals surface area contributed by atoms with Gasteiger partial charge in [0.15, 0.2) is 0 Å². The molecule has 0 atom stereocenters. The smallest absolute Gasteiger partial charge is 0.412 e. The Balaban J connectivity index is 2.22. The average molecular weight is 248 g/mol. The van der Waals surface area contributed by atoms with Crippen LogP contribution in [0, 0.1) is 0 Å². The van der Waals surface area contributed by atoms with Crippen LogP contribution in [0.4, 0.5) is 10.5 Å². The minimum Gasteiger partial charge on any atom is -0.508 e. The molecule has 0 aliphatic rings. The number of aromatic hydroxyl groups is 1. The molecule has 3 N–H and O–H groups in total. The Morgan fingerprint density at radius 3 is 2.78 bits per heavy atom. The monoisotopic (exact) mass is 248 g/mol. The highest BCUT2D eigenvalue weighted by molar-refractivity contribution is 6.00. The van der Waals surface area contributed by atoms with Crippen LogP contribution in [0.2, 0.25) is 0 Å². The van der Waals surface area contributed by atoms with E-state index in [2.05, 4.69) is 10.3 Å². The van der Waals surface area contributed by atoms with Gasteiger partial charge in [-0.05, 0) is 39.0 Å². The first-order valence-corrected chi connectivity index (χ1v) is 5.65. The number of anilines is 1. The lowest BCUT2D eigenvalue weighted by Gasteiger charge is -2.19. The second kappa shape index (κ2) is 4.25. The largest absolute Gasteiger partial charge is 0.508 e. The molecule has 0 aliphatic carbocycles. The van der Waals surface area contributed by atoms with Crippen molar-refractivity contribution in [3.63, 3.8) is 0 Å². The standard InChI is InChI=1S/C13H16N2O3/c1-13(2,3)18-12(17)15-11-7-14-10-5-4-8(16)6-9(10)11/h4-7,14,16H,1-3H3,(H,15,17). The number of carbonyl (C=O) groups is 1. The number of phenols is 1. The molecule has 0 saturated carbocycles. The molecule has 0 aliphatic heterocycles. The Morgan fingerprint density at radius 1 is 1.39 bits per heavy atom. The van der Waals surface area contributed by atoms with Crippen molar-refractivity contribution in [2.45, 2.75) is 26.4 Å². The number of hydrogen-bond donors (Lipinski definition) is 3. The summed E-state index contributed by atoms with van der Waals surface area (Å²) in [6.07, 6.45) is 1.14. The number of amides is 1. The summed E-state index contributed by atoms with van der Waals surface area (Å²) in [7, 11) is 0. The molecule has 1 heterocycles. The predicted molar refractivity (Wildman–Crippen MR) is 69.8 cm³/mol. The molecule has 1 aromatic carbocycles. The Labute approximate surface area is 105 Å². The number of carbonyl (C=O) groups excluding carboxylic acids is 1. The first kappa shape index (κ1) is 12.3. The van der Waals surface area contributed by atoms with Gasteiger partial charge in [-0.25, -0.2) is 4.79 Å². The van der Waals surface area contributed by atoms with Crippen LogP contribution in [-0.2, 0) is 4.74 Å². The van der Waals surface area contributed by atoms with E-state index in [0.717, 1.165) is 10.9 Å². The normalized spacial score (nSPS) is 11.5. The number of hydrogen-bond acceptors (Lipinski definition) is 3. The maximum absolute atomic E-state index is 11.6. The average Bonchev–Trinajstić information content (AvgIpc) is 2.58. The first-order chi connectivity index (χ1) is 8.35. The number of aromatic amines is 1. The van der Waals surface area contributed by atoms with Crippen LogP contribution in [0.15, 0.2) is 24.4 Å². The molecule has 2 rings (SSSR count). The zero-order valence-electron chi connectivity index (χ0n) is 10.6. The number of nitrogens with one attached hydrogen (secondary N) is 2. The number of benzene rings is 1. The van der Waals surface area contributed by atoms with Gasteiger partial charge in [-0.2, -0.15) is 0 Å². The maximum Gasteiger partial charge on any atom is 0.412 e. The van der Waals surface area contributed by atoms with Crippen molar-refractivity contribution in [1.82, 2.24) is 4.98 Å². The zero-order valence-corrected chi connectivity index (χ0v) is 10.6. The van der Waals surface area contributed by atoms with Crippen LogP contribution in [0.3, 0.4) is 0 Å². The lowest BCUT2D eigenvalue weighted by Crippen LogP contribution is -2.27. The van der Waals surface area contributed by atoms with Crippen molar-refractivity contribution in [3.05, 3.63) is 24.4 Å². The van der Waals surface area contributed by atoms with Gasteiger partial charge in [0.1, 0.15) is 11.4 Å². The van der Waals surface area contributed by atoms with Gasteiger partial charge in [-0.3, -0.25) is 5.32 Å². The maximum atomic E-state index is 11.6. The highest BCUT2D eigenvalue weighted by Gasteiger charge is 2.17. The second-order valence-electron chi connectivity index (χ2n) is 5.06. The van der Waals surface area contributed by atoms with Crippen LogP contribution < -0.4 is 5.32 Å². The van der Waals surface area contributed by atoms with E-state index in [0.29, 0.717) is 5.69 Å². The molecule has 0 fully saturated rings. The lowest BCUT2D eigenvalue weighted by atomic mass is 10.2. The van der Waals surface area contributed by atoms with Gasteiger partial charge in [0, 0.05) is 17.1 Å². The van der Waals surface area contributed by atoms with E-state index in [9.17, 15) is 9.90 Å². The van der Waals surface area contributed by atoms with Crippen molar-refractivity contribution in [3.8, 4) is 5.75 Å². The van der Waals surface area contributed by atoms with Gasteiger partial charge in [-0.15, -0.1) is 0 Å². The van der Waals surface area contributed by atoms with Gasteiger partial charge in [0.25, 0.3) is 0 Å². The molecule has 0 spiro atoms. The minimum atomic E-state index is -0.543. The van der Waals surface area contributed by atoms with Crippen molar-refractivity contribution < 1.29 is 14.6 Å². The van der Waals surface area contributed by atoms with Gasteiger partial charge >= 0.3 is 6.09 Å². The molecule has 5 nitrogen and oxygen atoms in total. The summed E-state index contributed by atoms with van der Waals surface area (Å²) >= 11 is 0. The number of aromatic nitrogens is 1. The van der Waals surface area contributed by atoms with E-state index >= 15 is 0 Å². The van der Waals surface area contributed by atoms with Crippen LogP contribution in [0.1, 0.15) is 20.8 Å². The van der Waals surface area contributed by atoms with E-state index in [1.807, 2.05) is 0 Å². The molecule has 96 valence electrons. The second-order valence-corrected chi connectivity index (χ2v) is 5.06. The Morgan fingerprint density at radius 2 is 2.11 bits per heavy atom. The van der Waals surface area contributed by atoms with E-state index in [1.54, 1.807) is 45.2 Å². The topological polar surface area (TPSA) is 74.3 Å². The number of phenolic OH excluding ortho intramolecular Hbond substituents is 1. The molecule has 18 heavy (non-hydrogen) atoms. The van der Waals surface area contributed by atoms with Gasteiger partial charge in [0.2, 0.25) is 0 Å². The quantitative estimate of drug-likeness (QED) is 0.725. The van der Waals surface area contributed by atoms with Crippen LogP contribution >= 0.6 is 0 Å². The van der Waals surface area contributed by atoms with Crippen molar-refractivity contribution in [2.24, 2.45) is 0 Å². The summed E-state index contributed by atoms with van der Waals surface area (Å²) in [5.74, 6) is 0.148. The summed E-state index contributed by atoms with van der Waals surface area (Å²) in [6, 6.07) is 4.90. The van der Waals surface area contributed by atoms with Crippen molar-refractivity contribution in [1.29, 1.82) is 0 Å². The van der Waals surface area contributed by atoms with E-state index in [4.69, 9.17) is 4.74 Å². The Bertz CT molecular complexity index is 581. The van der Waals surface area contributed by atoms with Crippen molar-refractivity contribution >= 4 is 22.7 Å². The molecule has 0 bridgehead atoms. The molecular formula is C13H16N2O3. The third-order valence-corrected chi connectivity index (χ3v) is 2.30. The van der Waals surface area contributed by atoms with Crippen LogP contribution in [0.5, 0.6) is 5.75 Å². The minimum absolute atomic E-state index is 0.148. The fraction of sp³-hybridized carbons (Fsp3) is 0.308. The lowest BCUT2D eigenvalue weighted by molar-refractivity contribution is 0.0636. The summed E-state index contributed by atoms with van der Waals surface area (Å²) in [4.78, 5) is 14.6. The SMILES string of the molecule is CC(C)(C)OC(=O)Nc1c[nH]c2ccc(O)cc12. The summed E-state index contributed by atoms with van der Waals surface area (Å²) in [5.41, 5.74) is 0.868. The third kappa shape index (κ3) is 2.74. The predicted octanol–water partition coefficient (Wildman–Crippen LogP) is 3.22. The fourth-order valence-corrected chi connectivity index (χ4v) is 1.63. The zero-order chi connectivity index (χ0) is 13.3. The molecule has 5 heteroatoms. The van der Waals surface area contributed by atoms with Gasteiger partial charge in [-0.1, -0.05) is 0 Å². The fourth-order valence-electron chi connectivity index (χ4n) is 1.63. The molecule has 1 aromatic heterocycles. The molecule has 0 radical (unpaired) electrons. The molecule has 0 saturated heterocycles. The van der Waals surface area contributed by atoms with Crippen LogP contribution in [0.25, 0.3) is 10.9 Å². The van der Waals surface area contributed by atoms with E-state index in [1.165, 1.54) is 0 Å². The number of fused-ring (bicyclic) bond motifs is 1. The Kier molecular flexibility index (Phi) is 2.90. The van der Waals surface area contributed by atoms with E-state index < -0.39 is 11.7 Å². The Hall–Kier alpha value is -2.17. The molecule has 1 amide bonds. The van der Waals surface area contributed by atoms with Gasteiger partial charge < -0.3 is 14.8 Å². The summed E-state index contributed by atoms with van der Waals surface area (Å²) < 4.78 is 5.16. The van der Waals surface area contributed by atoms with Crippen LogP contribution in [-0.4, -0.2) is 21.8 Å². The third-order valence-electron chi connectivity index (χ3n) is 2.30. The van der Waals surface area contributed by atoms with Crippen molar-refractivity contribution in [2.75, 3.05) is 5.32 Å². The number of rotatable bonds is 1.